The van der Waals surface area contributed by atoms with Gasteiger partial charge in [-0.05, 0) is 49.3 Å². The first-order valence-electron chi connectivity index (χ1n) is 7.70. The average molecular weight is 351 g/mol. The highest BCUT2D eigenvalue weighted by Gasteiger charge is 2.34. The third kappa shape index (κ3) is 4.39. The van der Waals surface area contributed by atoms with E-state index in [0.717, 1.165) is 25.7 Å². The minimum atomic E-state index is -0.430. The Morgan fingerprint density at radius 3 is 2.52 bits per heavy atom. The molecule has 0 spiro atoms. The van der Waals surface area contributed by atoms with Gasteiger partial charge in [-0.1, -0.05) is 43.9 Å². The largest absolute Gasteiger partial charge is 0.298 e. The van der Waals surface area contributed by atoms with E-state index in [1.165, 1.54) is 4.90 Å². The number of unbranched alkanes of at least 4 members (excludes halogenated alkanes) is 4. The van der Waals surface area contributed by atoms with Crippen LogP contribution in [0.2, 0.25) is 5.02 Å². The lowest BCUT2D eigenvalue weighted by molar-refractivity contribution is -0.122. The van der Waals surface area contributed by atoms with Crippen LogP contribution in [0.4, 0.5) is 5.69 Å². The number of anilines is 1. The molecule has 0 aromatic heterocycles. The van der Waals surface area contributed by atoms with E-state index in [1.54, 1.807) is 30.3 Å². The van der Waals surface area contributed by atoms with Crippen LogP contribution in [0.1, 0.15) is 39.0 Å². The minimum absolute atomic E-state index is 0.0884. The molecule has 1 fully saturated rings. The first kappa shape index (κ1) is 17.6. The Labute approximate surface area is 146 Å². The Balaban J connectivity index is 2.16. The molecule has 1 aromatic carbocycles. The summed E-state index contributed by atoms with van der Waals surface area (Å²) in [5.41, 5.74) is 0.728. The molecule has 1 saturated heterocycles. The zero-order valence-corrected chi connectivity index (χ0v) is 14.5. The van der Waals surface area contributed by atoms with E-state index in [4.69, 9.17) is 23.8 Å². The van der Waals surface area contributed by atoms with Crippen molar-refractivity contribution in [1.29, 1.82) is 0 Å². The fourth-order valence-electron chi connectivity index (χ4n) is 2.35. The normalized spacial score (nSPS) is 16.9. The lowest BCUT2D eigenvalue weighted by Gasteiger charge is -2.28. The number of benzene rings is 1. The van der Waals surface area contributed by atoms with E-state index in [1.807, 2.05) is 0 Å². The molecule has 0 radical (unpaired) electrons. The maximum Gasteiger partial charge on any atom is 0.269 e. The second-order valence-corrected chi connectivity index (χ2v) is 6.17. The van der Waals surface area contributed by atoms with Crippen molar-refractivity contribution >= 4 is 46.4 Å². The van der Waals surface area contributed by atoms with Gasteiger partial charge in [0.1, 0.15) is 5.57 Å². The molecule has 1 aromatic rings. The van der Waals surface area contributed by atoms with Gasteiger partial charge >= 0.3 is 0 Å². The second-order valence-electron chi connectivity index (χ2n) is 5.34. The number of allylic oxidation sites excluding steroid dienone is 1. The van der Waals surface area contributed by atoms with Gasteiger partial charge in [0.15, 0.2) is 5.11 Å². The molecule has 2 rings (SSSR count). The number of halogens is 1. The van der Waals surface area contributed by atoms with E-state index >= 15 is 0 Å². The molecule has 1 heterocycles. The lowest BCUT2D eigenvalue weighted by Crippen LogP contribution is -2.54. The molecule has 122 valence electrons. The highest BCUT2D eigenvalue weighted by Crippen LogP contribution is 2.23. The van der Waals surface area contributed by atoms with Gasteiger partial charge in [-0.25, -0.2) is 0 Å². The zero-order chi connectivity index (χ0) is 16.8. The van der Waals surface area contributed by atoms with Crippen molar-refractivity contribution in [3.63, 3.8) is 0 Å². The summed E-state index contributed by atoms with van der Waals surface area (Å²) >= 11 is 11.0. The van der Waals surface area contributed by atoms with Crippen molar-refractivity contribution in [2.75, 3.05) is 4.90 Å². The summed E-state index contributed by atoms with van der Waals surface area (Å²) in [6.07, 6.45) is 6.77. The van der Waals surface area contributed by atoms with E-state index in [9.17, 15) is 9.59 Å². The Morgan fingerprint density at radius 1 is 1.17 bits per heavy atom. The van der Waals surface area contributed by atoms with Gasteiger partial charge in [-0.15, -0.1) is 0 Å². The fraction of sp³-hybridized carbons (Fsp3) is 0.353. The standard InChI is InChI=1S/C17H19ClN2O2S/c1-2-3-4-5-6-7-14-15(21)19-17(23)20(16(14)22)13-10-8-12(18)9-11-13/h7-11H,2-6H2,1H3,(H,19,21,23)/b14-7-. The van der Waals surface area contributed by atoms with Crippen LogP contribution < -0.4 is 10.2 Å². The molecule has 0 unspecified atom stereocenters. The van der Waals surface area contributed by atoms with Gasteiger partial charge in [0.25, 0.3) is 11.8 Å². The molecule has 0 bridgehead atoms. The molecule has 1 aliphatic rings. The molecule has 2 amide bonds. The summed E-state index contributed by atoms with van der Waals surface area (Å²) in [6.45, 7) is 2.14. The molecular formula is C17H19ClN2O2S. The van der Waals surface area contributed by atoms with Crippen LogP contribution in [0.15, 0.2) is 35.9 Å². The molecule has 4 nitrogen and oxygen atoms in total. The van der Waals surface area contributed by atoms with Crippen molar-refractivity contribution in [3.05, 3.63) is 40.9 Å². The monoisotopic (exact) mass is 350 g/mol. The van der Waals surface area contributed by atoms with Crippen LogP contribution in [0.3, 0.4) is 0 Å². The topological polar surface area (TPSA) is 49.4 Å². The summed E-state index contributed by atoms with van der Waals surface area (Å²) in [6, 6.07) is 6.75. The van der Waals surface area contributed by atoms with Gasteiger partial charge in [0.05, 0.1) is 5.69 Å². The number of thiocarbonyl (C=S) groups is 1. The SMILES string of the molecule is CCCCCC/C=C1/C(=O)NC(=S)N(c2ccc(Cl)cc2)C1=O. The maximum absolute atomic E-state index is 12.6. The van der Waals surface area contributed by atoms with Crippen molar-refractivity contribution in [2.45, 2.75) is 39.0 Å². The van der Waals surface area contributed by atoms with Crippen molar-refractivity contribution in [1.82, 2.24) is 5.32 Å². The number of rotatable bonds is 6. The maximum atomic E-state index is 12.6. The van der Waals surface area contributed by atoms with Crippen molar-refractivity contribution in [3.8, 4) is 0 Å². The van der Waals surface area contributed by atoms with Gasteiger partial charge in [0, 0.05) is 5.02 Å². The molecule has 1 aliphatic heterocycles. The molecule has 0 saturated carbocycles. The first-order valence-corrected chi connectivity index (χ1v) is 8.48. The molecule has 1 N–H and O–H groups in total. The Bertz CT molecular complexity index is 640. The second kappa shape index (κ2) is 8.22. The van der Waals surface area contributed by atoms with E-state index in [0.29, 0.717) is 17.1 Å². The van der Waals surface area contributed by atoms with Crippen LogP contribution in [-0.2, 0) is 9.59 Å². The Kier molecular flexibility index (Phi) is 6.30. The number of amides is 2. The Hall–Kier alpha value is -1.72. The van der Waals surface area contributed by atoms with Gasteiger partial charge in [-0.2, -0.15) is 0 Å². The smallest absolute Gasteiger partial charge is 0.269 e. The number of nitrogens with zero attached hydrogens (tertiary/aromatic N) is 1. The summed E-state index contributed by atoms with van der Waals surface area (Å²) in [5, 5.41) is 3.23. The molecule has 0 atom stereocenters. The number of carbonyl (C=O) groups is 2. The predicted molar refractivity (Wildman–Crippen MR) is 96.5 cm³/mol. The van der Waals surface area contributed by atoms with Crippen LogP contribution in [-0.4, -0.2) is 16.9 Å². The molecular weight excluding hydrogens is 332 g/mol. The zero-order valence-electron chi connectivity index (χ0n) is 13.0. The summed E-state index contributed by atoms with van der Waals surface area (Å²) in [7, 11) is 0. The quantitative estimate of drug-likeness (QED) is 0.365. The third-order valence-electron chi connectivity index (χ3n) is 3.59. The molecule has 0 aliphatic carbocycles. The van der Waals surface area contributed by atoms with Crippen molar-refractivity contribution < 1.29 is 9.59 Å². The van der Waals surface area contributed by atoms with E-state index < -0.39 is 11.8 Å². The van der Waals surface area contributed by atoms with Gasteiger partial charge in [-0.3, -0.25) is 19.8 Å². The Morgan fingerprint density at radius 2 is 1.87 bits per heavy atom. The van der Waals surface area contributed by atoms with Crippen LogP contribution in [0, 0.1) is 0 Å². The predicted octanol–water partition coefficient (Wildman–Crippen LogP) is 3.98. The number of hydrogen-bond donors (Lipinski definition) is 1. The molecule has 6 heteroatoms. The van der Waals surface area contributed by atoms with Crippen LogP contribution in [0.5, 0.6) is 0 Å². The fourth-order valence-corrected chi connectivity index (χ4v) is 2.76. The first-order chi connectivity index (χ1) is 11.0. The average Bonchev–Trinajstić information content (AvgIpc) is 2.51. The van der Waals surface area contributed by atoms with E-state index in [-0.39, 0.29) is 10.7 Å². The van der Waals surface area contributed by atoms with Crippen molar-refractivity contribution in [2.24, 2.45) is 0 Å². The lowest BCUT2D eigenvalue weighted by atomic mass is 10.1. The summed E-state index contributed by atoms with van der Waals surface area (Å²) in [4.78, 5) is 26.0. The third-order valence-corrected chi connectivity index (χ3v) is 4.13. The van der Waals surface area contributed by atoms with Gasteiger partial charge < -0.3 is 0 Å². The van der Waals surface area contributed by atoms with Crippen LogP contribution >= 0.6 is 23.8 Å². The molecule has 23 heavy (non-hydrogen) atoms. The van der Waals surface area contributed by atoms with Crippen LogP contribution in [0.25, 0.3) is 0 Å². The number of carbonyl (C=O) groups excluding carboxylic acids is 2. The van der Waals surface area contributed by atoms with E-state index in [2.05, 4.69) is 12.2 Å². The summed E-state index contributed by atoms with van der Waals surface area (Å²) < 4.78 is 0. The highest BCUT2D eigenvalue weighted by molar-refractivity contribution is 7.80. The summed E-state index contributed by atoms with van der Waals surface area (Å²) in [5.74, 6) is -0.822. The number of hydrogen-bond acceptors (Lipinski definition) is 3. The minimum Gasteiger partial charge on any atom is -0.298 e. The van der Waals surface area contributed by atoms with Gasteiger partial charge in [0.2, 0.25) is 0 Å². The highest BCUT2D eigenvalue weighted by atomic mass is 35.5. The number of nitrogens with one attached hydrogen (secondary N) is 1.